The van der Waals surface area contributed by atoms with Gasteiger partial charge in [0.1, 0.15) is 0 Å². The zero-order valence-corrected chi connectivity index (χ0v) is 12.0. The van der Waals surface area contributed by atoms with Crippen molar-refractivity contribution in [3.05, 3.63) is 0 Å². The number of nitrogens with one attached hydrogen (secondary N) is 1. The lowest BCUT2D eigenvalue weighted by Crippen LogP contribution is -2.18. The molecule has 0 heterocycles. The summed E-state index contributed by atoms with van der Waals surface area (Å²) < 4.78 is 0. The van der Waals surface area contributed by atoms with Crippen molar-refractivity contribution in [3.8, 4) is 0 Å². The van der Waals surface area contributed by atoms with Crippen molar-refractivity contribution in [2.24, 2.45) is 5.92 Å². The van der Waals surface area contributed by atoms with Crippen LogP contribution in [0.5, 0.6) is 0 Å². The summed E-state index contributed by atoms with van der Waals surface area (Å²) in [5.41, 5.74) is 0. The molecule has 0 unspecified atom stereocenters. The maximum absolute atomic E-state index is 3.61. The minimum atomic E-state index is 1.05. The Morgan fingerprint density at radius 2 is 1.47 bits per heavy atom. The van der Waals surface area contributed by atoms with Gasteiger partial charge in [0.25, 0.3) is 0 Å². The smallest absolute Gasteiger partial charge is 0.00463 e. The molecular weight excluding hydrogens is 206 g/mol. The van der Waals surface area contributed by atoms with E-state index in [1.165, 1.54) is 90.1 Å². The highest BCUT2D eigenvalue weighted by atomic mass is 14.8. The quantitative estimate of drug-likeness (QED) is 0.505. The zero-order valence-electron chi connectivity index (χ0n) is 12.0. The third-order valence-electron chi connectivity index (χ3n) is 4.16. The summed E-state index contributed by atoms with van der Waals surface area (Å²) in [6.45, 7) is 4.80. The summed E-state index contributed by atoms with van der Waals surface area (Å²) in [6, 6.07) is 0. The lowest BCUT2D eigenvalue weighted by molar-refractivity contribution is 0.471. The van der Waals surface area contributed by atoms with Gasteiger partial charge in [-0.3, -0.25) is 0 Å². The average Bonchev–Trinajstić information content (AvgIpc) is 2.85. The van der Waals surface area contributed by atoms with E-state index in [0.717, 1.165) is 5.92 Å². The van der Waals surface area contributed by atoms with Crippen molar-refractivity contribution in [2.45, 2.75) is 84.0 Å². The van der Waals surface area contributed by atoms with Crippen LogP contribution in [-0.2, 0) is 0 Å². The standard InChI is InChI=1S/C16H33N/c1-2-3-4-5-6-7-10-14-17-15-13-16-11-8-9-12-16/h16-17H,2-15H2,1H3. The molecule has 0 aromatic rings. The summed E-state index contributed by atoms with van der Waals surface area (Å²) >= 11 is 0. The van der Waals surface area contributed by atoms with Crippen molar-refractivity contribution in [3.63, 3.8) is 0 Å². The molecular formula is C16H33N. The SMILES string of the molecule is CCCCCCCCCNCCC1CCCC1. The lowest BCUT2D eigenvalue weighted by atomic mass is 10.0. The van der Waals surface area contributed by atoms with Gasteiger partial charge in [-0.15, -0.1) is 0 Å². The highest BCUT2D eigenvalue weighted by molar-refractivity contribution is 4.68. The zero-order chi connectivity index (χ0) is 12.2. The molecule has 1 aliphatic carbocycles. The molecule has 1 fully saturated rings. The Hall–Kier alpha value is -0.0400. The van der Waals surface area contributed by atoms with Crippen LogP contribution >= 0.6 is 0 Å². The van der Waals surface area contributed by atoms with Gasteiger partial charge in [0.05, 0.1) is 0 Å². The van der Waals surface area contributed by atoms with Crippen molar-refractivity contribution < 1.29 is 0 Å². The topological polar surface area (TPSA) is 12.0 Å². The van der Waals surface area contributed by atoms with Crippen molar-refractivity contribution >= 4 is 0 Å². The van der Waals surface area contributed by atoms with Gasteiger partial charge < -0.3 is 5.32 Å². The molecule has 0 atom stereocenters. The highest BCUT2D eigenvalue weighted by Gasteiger charge is 2.13. The molecule has 1 nitrogen and oxygen atoms in total. The fourth-order valence-electron chi connectivity index (χ4n) is 2.94. The predicted octanol–water partition coefficient (Wildman–Crippen LogP) is 4.91. The summed E-state index contributed by atoms with van der Waals surface area (Å²) in [4.78, 5) is 0. The second kappa shape index (κ2) is 11.1. The molecule has 1 rings (SSSR count). The first-order valence-electron chi connectivity index (χ1n) is 8.14. The number of hydrogen-bond donors (Lipinski definition) is 1. The fraction of sp³-hybridized carbons (Fsp3) is 1.00. The number of hydrogen-bond acceptors (Lipinski definition) is 1. The van der Waals surface area contributed by atoms with Crippen LogP contribution in [0.2, 0.25) is 0 Å². The second-order valence-corrected chi connectivity index (χ2v) is 5.81. The van der Waals surface area contributed by atoms with Crippen LogP contribution < -0.4 is 5.32 Å². The van der Waals surface area contributed by atoms with Gasteiger partial charge in [0.15, 0.2) is 0 Å². The minimum absolute atomic E-state index is 1.05. The Balaban J connectivity index is 1.69. The summed E-state index contributed by atoms with van der Waals surface area (Å²) in [7, 11) is 0. The normalized spacial score (nSPS) is 16.8. The van der Waals surface area contributed by atoms with Crippen molar-refractivity contribution in [1.29, 1.82) is 0 Å². The molecule has 1 aliphatic rings. The number of unbranched alkanes of at least 4 members (excludes halogenated alkanes) is 6. The molecule has 0 aromatic heterocycles. The van der Waals surface area contributed by atoms with E-state index in [1.807, 2.05) is 0 Å². The van der Waals surface area contributed by atoms with E-state index in [4.69, 9.17) is 0 Å². The van der Waals surface area contributed by atoms with E-state index >= 15 is 0 Å². The maximum atomic E-state index is 3.61. The summed E-state index contributed by atoms with van der Waals surface area (Å²) in [6.07, 6.45) is 17.4. The third-order valence-corrected chi connectivity index (χ3v) is 4.16. The molecule has 0 aromatic carbocycles. The Labute approximate surface area is 109 Å². The average molecular weight is 239 g/mol. The third kappa shape index (κ3) is 8.65. The van der Waals surface area contributed by atoms with Crippen LogP contribution in [0.25, 0.3) is 0 Å². The molecule has 1 heteroatoms. The van der Waals surface area contributed by atoms with E-state index in [1.54, 1.807) is 0 Å². The molecule has 0 amide bonds. The van der Waals surface area contributed by atoms with E-state index in [9.17, 15) is 0 Å². The van der Waals surface area contributed by atoms with Crippen molar-refractivity contribution in [2.75, 3.05) is 13.1 Å². The van der Waals surface area contributed by atoms with Crippen LogP contribution in [0, 0.1) is 5.92 Å². The Morgan fingerprint density at radius 1 is 0.824 bits per heavy atom. The van der Waals surface area contributed by atoms with Gasteiger partial charge in [-0.1, -0.05) is 71.1 Å². The molecule has 0 bridgehead atoms. The Bertz CT molecular complexity index is 150. The molecule has 1 saturated carbocycles. The highest BCUT2D eigenvalue weighted by Crippen LogP contribution is 2.26. The molecule has 0 spiro atoms. The van der Waals surface area contributed by atoms with Gasteiger partial charge >= 0.3 is 0 Å². The van der Waals surface area contributed by atoms with Gasteiger partial charge in [0.2, 0.25) is 0 Å². The molecule has 0 radical (unpaired) electrons. The first-order valence-corrected chi connectivity index (χ1v) is 8.14. The van der Waals surface area contributed by atoms with E-state index in [0.29, 0.717) is 0 Å². The maximum Gasteiger partial charge on any atom is -0.00463 e. The van der Waals surface area contributed by atoms with Crippen LogP contribution in [0.15, 0.2) is 0 Å². The second-order valence-electron chi connectivity index (χ2n) is 5.81. The van der Waals surface area contributed by atoms with Gasteiger partial charge in [0, 0.05) is 0 Å². The monoisotopic (exact) mass is 239 g/mol. The van der Waals surface area contributed by atoms with E-state index in [-0.39, 0.29) is 0 Å². The van der Waals surface area contributed by atoms with E-state index < -0.39 is 0 Å². The largest absolute Gasteiger partial charge is 0.317 e. The molecule has 1 N–H and O–H groups in total. The predicted molar refractivity (Wildman–Crippen MR) is 77.4 cm³/mol. The van der Waals surface area contributed by atoms with Gasteiger partial charge in [-0.05, 0) is 31.8 Å². The Kier molecular flexibility index (Phi) is 9.78. The minimum Gasteiger partial charge on any atom is -0.317 e. The van der Waals surface area contributed by atoms with Crippen LogP contribution in [-0.4, -0.2) is 13.1 Å². The summed E-state index contributed by atoms with van der Waals surface area (Å²) in [5.74, 6) is 1.05. The molecule has 0 saturated heterocycles. The lowest BCUT2D eigenvalue weighted by Gasteiger charge is -2.09. The van der Waals surface area contributed by atoms with Gasteiger partial charge in [-0.25, -0.2) is 0 Å². The van der Waals surface area contributed by atoms with Crippen molar-refractivity contribution in [1.82, 2.24) is 5.32 Å². The molecule has 0 aliphatic heterocycles. The number of rotatable bonds is 11. The van der Waals surface area contributed by atoms with Crippen LogP contribution in [0.3, 0.4) is 0 Å². The van der Waals surface area contributed by atoms with E-state index in [2.05, 4.69) is 12.2 Å². The molecule has 102 valence electrons. The van der Waals surface area contributed by atoms with Gasteiger partial charge in [-0.2, -0.15) is 0 Å². The summed E-state index contributed by atoms with van der Waals surface area (Å²) in [5, 5.41) is 3.61. The first-order chi connectivity index (χ1) is 8.43. The fourth-order valence-corrected chi connectivity index (χ4v) is 2.94. The molecule has 17 heavy (non-hydrogen) atoms. The first kappa shape index (κ1) is 15.0. The van der Waals surface area contributed by atoms with Crippen LogP contribution in [0.4, 0.5) is 0 Å². The van der Waals surface area contributed by atoms with Crippen LogP contribution in [0.1, 0.15) is 84.0 Å². The Morgan fingerprint density at radius 3 is 2.18 bits per heavy atom.